The Labute approximate surface area is 97.3 Å². The van der Waals surface area contributed by atoms with Crippen LogP contribution in [0.5, 0.6) is 17.4 Å². The first-order valence-electron chi connectivity index (χ1n) is 4.53. The predicted octanol–water partition coefficient (Wildman–Crippen LogP) is 2.82. The molecule has 0 radical (unpaired) electrons. The van der Waals surface area contributed by atoms with Crippen LogP contribution in [0.4, 0.5) is 5.69 Å². The summed E-state index contributed by atoms with van der Waals surface area (Å²) in [5.74, 6) is 0.999. The van der Waals surface area contributed by atoms with Gasteiger partial charge in [-0.25, -0.2) is 4.98 Å². The Morgan fingerprint density at radius 3 is 2.56 bits per heavy atom. The summed E-state index contributed by atoms with van der Waals surface area (Å²) in [5.41, 5.74) is 6.04. The molecule has 4 nitrogen and oxygen atoms in total. The largest absolute Gasteiger partial charge is 0.508 e. The number of phenols is 1. The number of aromatic hydroxyl groups is 1. The molecule has 0 fully saturated rings. The Morgan fingerprint density at radius 2 is 1.94 bits per heavy atom. The monoisotopic (exact) mass is 236 g/mol. The molecule has 1 heterocycles. The summed E-state index contributed by atoms with van der Waals surface area (Å²) in [6.07, 6.45) is 1.45. The van der Waals surface area contributed by atoms with Crippen molar-refractivity contribution in [2.75, 3.05) is 5.73 Å². The summed E-state index contributed by atoms with van der Waals surface area (Å²) in [7, 11) is 0. The second-order valence-corrected chi connectivity index (χ2v) is 3.58. The SMILES string of the molecule is Nc1cc(Cl)cnc1Oc1ccc(O)cc1. The summed E-state index contributed by atoms with van der Waals surface area (Å²) in [6.45, 7) is 0. The maximum Gasteiger partial charge on any atom is 0.242 e. The topological polar surface area (TPSA) is 68.4 Å². The summed E-state index contributed by atoms with van der Waals surface area (Å²) in [6, 6.07) is 7.82. The van der Waals surface area contributed by atoms with E-state index in [0.717, 1.165) is 0 Å². The zero-order valence-electron chi connectivity index (χ0n) is 8.22. The van der Waals surface area contributed by atoms with Gasteiger partial charge in [0.25, 0.3) is 0 Å². The van der Waals surface area contributed by atoms with Gasteiger partial charge in [-0.1, -0.05) is 11.6 Å². The van der Waals surface area contributed by atoms with E-state index in [9.17, 15) is 0 Å². The van der Waals surface area contributed by atoms with Gasteiger partial charge in [0.15, 0.2) is 0 Å². The second kappa shape index (κ2) is 4.28. The van der Waals surface area contributed by atoms with Crippen LogP contribution in [-0.4, -0.2) is 10.1 Å². The van der Waals surface area contributed by atoms with Crippen molar-refractivity contribution in [3.05, 3.63) is 41.6 Å². The Hall–Kier alpha value is -1.94. The maximum atomic E-state index is 9.10. The molecule has 82 valence electrons. The van der Waals surface area contributed by atoms with Crippen LogP contribution >= 0.6 is 11.6 Å². The van der Waals surface area contributed by atoms with E-state index in [1.54, 1.807) is 18.2 Å². The Bertz CT molecular complexity index is 500. The molecule has 5 heteroatoms. The number of nitrogen functional groups attached to an aromatic ring is 1. The van der Waals surface area contributed by atoms with E-state index in [4.69, 9.17) is 27.2 Å². The third-order valence-electron chi connectivity index (χ3n) is 1.90. The van der Waals surface area contributed by atoms with Crippen molar-refractivity contribution in [2.45, 2.75) is 0 Å². The average molecular weight is 237 g/mol. The van der Waals surface area contributed by atoms with Crippen molar-refractivity contribution in [3.63, 3.8) is 0 Å². The Balaban J connectivity index is 2.23. The van der Waals surface area contributed by atoms with Crippen LogP contribution in [0.2, 0.25) is 5.02 Å². The quantitative estimate of drug-likeness (QED) is 0.841. The number of nitrogens with two attached hydrogens (primary N) is 1. The highest BCUT2D eigenvalue weighted by Gasteiger charge is 2.04. The number of nitrogens with zero attached hydrogens (tertiary/aromatic N) is 1. The first-order valence-corrected chi connectivity index (χ1v) is 4.91. The molecule has 0 bridgehead atoms. The van der Waals surface area contributed by atoms with Gasteiger partial charge in [0.1, 0.15) is 11.5 Å². The lowest BCUT2D eigenvalue weighted by atomic mass is 10.3. The Morgan fingerprint density at radius 1 is 1.25 bits per heavy atom. The van der Waals surface area contributed by atoms with Gasteiger partial charge < -0.3 is 15.6 Å². The minimum absolute atomic E-state index is 0.171. The Kier molecular flexibility index (Phi) is 2.83. The van der Waals surface area contributed by atoms with Gasteiger partial charge >= 0.3 is 0 Å². The molecular formula is C11H9ClN2O2. The second-order valence-electron chi connectivity index (χ2n) is 3.14. The summed E-state index contributed by atoms with van der Waals surface area (Å²) in [5, 5.41) is 9.55. The smallest absolute Gasteiger partial charge is 0.242 e. The van der Waals surface area contributed by atoms with Crippen LogP contribution < -0.4 is 10.5 Å². The molecule has 1 aromatic carbocycles. The number of hydrogen-bond donors (Lipinski definition) is 2. The first-order chi connectivity index (χ1) is 7.65. The number of rotatable bonds is 2. The fourth-order valence-electron chi connectivity index (χ4n) is 1.15. The number of pyridine rings is 1. The van der Waals surface area contributed by atoms with Crippen molar-refractivity contribution in [2.24, 2.45) is 0 Å². The first kappa shape index (κ1) is 10.6. The fraction of sp³-hybridized carbons (Fsp3) is 0. The van der Waals surface area contributed by atoms with E-state index < -0.39 is 0 Å². The lowest BCUT2D eigenvalue weighted by Crippen LogP contribution is -1.94. The molecule has 0 spiro atoms. The fourth-order valence-corrected chi connectivity index (χ4v) is 1.32. The summed E-state index contributed by atoms with van der Waals surface area (Å²) >= 11 is 5.71. The van der Waals surface area contributed by atoms with Crippen molar-refractivity contribution >= 4 is 17.3 Å². The molecule has 1 aromatic heterocycles. The molecule has 0 aliphatic heterocycles. The lowest BCUT2D eigenvalue weighted by Gasteiger charge is -2.07. The molecular weight excluding hydrogens is 228 g/mol. The van der Waals surface area contributed by atoms with Gasteiger partial charge in [0.05, 0.1) is 10.7 Å². The number of hydrogen-bond acceptors (Lipinski definition) is 4. The van der Waals surface area contributed by atoms with Crippen LogP contribution in [-0.2, 0) is 0 Å². The molecule has 16 heavy (non-hydrogen) atoms. The number of halogens is 1. The highest BCUT2D eigenvalue weighted by molar-refractivity contribution is 6.30. The van der Waals surface area contributed by atoms with Crippen LogP contribution in [0.25, 0.3) is 0 Å². The molecule has 0 saturated carbocycles. The van der Waals surface area contributed by atoms with E-state index in [1.807, 2.05) is 0 Å². The normalized spacial score (nSPS) is 10.1. The van der Waals surface area contributed by atoms with Gasteiger partial charge in [0, 0.05) is 6.20 Å². The van der Waals surface area contributed by atoms with Gasteiger partial charge in [-0.2, -0.15) is 0 Å². The molecule has 0 aliphatic carbocycles. The van der Waals surface area contributed by atoms with E-state index in [1.165, 1.54) is 18.3 Å². The van der Waals surface area contributed by atoms with Gasteiger partial charge in [-0.3, -0.25) is 0 Å². The van der Waals surface area contributed by atoms with Crippen LogP contribution in [0, 0.1) is 0 Å². The van der Waals surface area contributed by atoms with E-state index >= 15 is 0 Å². The molecule has 0 amide bonds. The maximum absolute atomic E-state index is 9.10. The van der Waals surface area contributed by atoms with Crippen LogP contribution in [0.3, 0.4) is 0 Å². The molecule has 0 saturated heterocycles. The van der Waals surface area contributed by atoms with Crippen LogP contribution in [0.1, 0.15) is 0 Å². The summed E-state index contributed by atoms with van der Waals surface area (Å²) < 4.78 is 5.41. The van der Waals surface area contributed by atoms with Crippen molar-refractivity contribution < 1.29 is 9.84 Å². The van der Waals surface area contributed by atoms with Gasteiger partial charge in [-0.05, 0) is 30.3 Å². The van der Waals surface area contributed by atoms with Crippen molar-refractivity contribution in [1.29, 1.82) is 0 Å². The third-order valence-corrected chi connectivity index (χ3v) is 2.10. The standard InChI is InChI=1S/C11H9ClN2O2/c12-7-5-10(13)11(14-6-7)16-9-3-1-8(15)2-4-9/h1-6,15H,13H2. The van der Waals surface area contributed by atoms with Gasteiger partial charge in [0.2, 0.25) is 5.88 Å². The molecule has 3 N–H and O–H groups in total. The highest BCUT2D eigenvalue weighted by Crippen LogP contribution is 2.27. The average Bonchev–Trinajstić information content (AvgIpc) is 2.25. The van der Waals surface area contributed by atoms with Crippen molar-refractivity contribution in [3.8, 4) is 17.4 Å². The zero-order valence-corrected chi connectivity index (χ0v) is 8.98. The van der Waals surface area contributed by atoms with E-state index in [0.29, 0.717) is 16.5 Å². The molecule has 0 atom stereocenters. The number of ether oxygens (including phenoxy) is 1. The molecule has 2 aromatic rings. The van der Waals surface area contributed by atoms with Gasteiger partial charge in [-0.15, -0.1) is 0 Å². The zero-order chi connectivity index (χ0) is 11.5. The van der Waals surface area contributed by atoms with E-state index in [2.05, 4.69) is 4.98 Å². The number of aromatic nitrogens is 1. The number of benzene rings is 1. The summed E-state index contributed by atoms with van der Waals surface area (Å²) in [4.78, 5) is 3.95. The minimum Gasteiger partial charge on any atom is -0.508 e. The lowest BCUT2D eigenvalue weighted by molar-refractivity contribution is 0.456. The van der Waals surface area contributed by atoms with E-state index in [-0.39, 0.29) is 11.6 Å². The minimum atomic E-state index is 0.171. The molecule has 0 unspecified atom stereocenters. The predicted molar refractivity (Wildman–Crippen MR) is 61.8 cm³/mol. The third kappa shape index (κ3) is 2.35. The number of phenolic OH excluding ortho intramolecular Hbond substituents is 1. The van der Waals surface area contributed by atoms with Crippen LogP contribution in [0.15, 0.2) is 36.5 Å². The molecule has 0 aliphatic rings. The number of anilines is 1. The van der Waals surface area contributed by atoms with Crippen molar-refractivity contribution in [1.82, 2.24) is 4.98 Å². The highest BCUT2D eigenvalue weighted by atomic mass is 35.5. The molecule has 2 rings (SSSR count).